The minimum Gasteiger partial charge on any atom is -0.326 e. The Morgan fingerprint density at radius 3 is 2.13 bits per heavy atom. The van der Waals surface area contributed by atoms with Gasteiger partial charge in [-0.2, -0.15) is 0 Å². The van der Waals surface area contributed by atoms with Crippen molar-refractivity contribution >= 4 is 23.2 Å². The Kier molecular flexibility index (Phi) is 4.84. The lowest BCUT2D eigenvalue weighted by atomic mass is 9.95. The summed E-state index contributed by atoms with van der Waals surface area (Å²) in [7, 11) is 0. The Morgan fingerprint density at radius 1 is 0.913 bits per heavy atom. The van der Waals surface area contributed by atoms with Crippen LogP contribution in [0, 0.1) is 12.3 Å². The molecule has 0 aliphatic heterocycles. The van der Waals surface area contributed by atoms with Crippen molar-refractivity contribution in [3.63, 3.8) is 0 Å². The highest BCUT2D eigenvalue weighted by atomic mass is 16.2. The van der Waals surface area contributed by atoms with Crippen LogP contribution < -0.4 is 10.6 Å². The van der Waals surface area contributed by atoms with Gasteiger partial charge in [0.15, 0.2) is 0 Å². The van der Waals surface area contributed by atoms with Gasteiger partial charge in [-0.05, 0) is 42.8 Å². The molecule has 0 spiro atoms. The quantitative estimate of drug-likeness (QED) is 0.891. The zero-order valence-corrected chi connectivity index (χ0v) is 13.9. The molecule has 4 heteroatoms. The number of rotatable bonds is 3. The molecule has 0 aliphatic rings. The minimum atomic E-state index is -0.450. The fourth-order valence-corrected chi connectivity index (χ4v) is 1.98. The van der Waals surface area contributed by atoms with E-state index in [2.05, 4.69) is 10.6 Å². The number of carbonyl (C=O) groups is 2. The Morgan fingerprint density at radius 2 is 1.57 bits per heavy atom. The van der Waals surface area contributed by atoms with E-state index < -0.39 is 5.41 Å². The van der Waals surface area contributed by atoms with Crippen molar-refractivity contribution in [1.82, 2.24) is 0 Å². The highest BCUT2D eigenvalue weighted by Crippen LogP contribution is 2.23. The summed E-state index contributed by atoms with van der Waals surface area (Å²) in [6, 6.07) is 14.5. The fourth-order valence-electron chi connectivity index (χ4n) is 1.98. The van der Waals surface area contributed by atoms with E-state index >= 15 is 0 Å². The summed E-state index contributed by atoms with van der Waals surface area (Å²) < 4.78 is 0. The molecule has 2 rings (SSSR count). The second-order valence-electron chi connectivity index (χ2n) is 6.55. The minimum absolute atomic E-state index is 0.0435. The van der Waals surface area contributed by atoms with Crippen LogP contribution in [0.3, 0.4) is 0 Å². The molecule has 2 N–H and O–H groups in total. The van der Waals surface area contributed by atoms with E-state index in [4.69, 9.17) is 0 Å². The maximum Gasteiger partial charge on any atom is 0.255 e. The number of hydrogen-bond donors (Lipinski definition) is 2. The van der Waals surface area contributed by atoms with E-state index in [0.29, 0.717) is 5.56 Å². The topological polar surface area (TPSA) is 58.2 Å². The molecule has 23 heavy (non-hydrogen) atoms. The summed E-state index contributed by atoms with van der Waals surface area (Å²) in [4.78, 5) is 24.2. The first-order valence-electron chi connectivity index (χ1n) is 7.56. The Labute approximate surface area is 136 Å². The molecule has 2 amide bonds. The van der Waals surface area contributed by atoms with Crippen LogP contribution in [0.1, 0.15) is 36.7 Å². The van der Waals surface area contributed by atoms with Crippen LogP contribution in [-0.2, 0) is 4.79 Å². The predicted octanol–water partition coefficient (Wildman–Crippen LogP) is 4.23. The van der Waals surface area contributed by atoms with Crippen molar-refractivity contribution in [1.29, 1.82) is 0 Å². The van der Waals surface area contributed by atoms with Crippen LogP contribution in [0.25, 0.3) is 0 Å². The molecular weight excluding hydrogens is 288 g/mol. The summed E-state index contributed by atoms with van der Waals surface area (Å²) in [6.45, 7) is 7.49. The molecule has 0 aromatic heterocycles. The van der Waals surface area contributed by atoms with Crippen molar-refractivity contribution in [3.05, 3.63) is 59.7 Å². The number of benzene rings is 2. The van der Waals surface area contributed by atoms with Crippen LogP contribution in [-0.4, -0.2) is 11.8 Å². The maximum absolute atomic E-state index is 12.2. The van der Waals surface area contributed by atoms with E-state index in [1.54, 1.807) is 24.3 Å². The van der Waals surface area contributed by atoms with Crippen molar-refractivity contribution in [2.24, 2.45) is 5.41 Å². The second kappa shape index (κ2) is 6.65. The summed E-state index contributed by atoms with van der Waals surface area (Å²) in [5, 5.41) is 5.77. The summed E-state index contributed by atoms with van der Waals surface area (Å²) in [5.74, 6) is -0.196. The van der Waals surface area contributed by atoms with Gasteiger partial charge in [-0.3, -0.25) is 9.59 Å². The van der Waals surface area contributed by atoms with Gasteiger partial charge in [0, 0.05) is 22.4 Å². The summed E-state index contributed by atoms with van der Waals surface area (Å²) in [5.41, 5.74) is 2.50. The van der Waals surface area contributed by atoms with Gasteiger partial charge in [-0.1, -0.05) is 39.0 Å². The Bertz CT molecular complexity index is 716. The third-order valence-electron chi connectivity index (χ3n) is 3.45. The highest BCUT2D eigenvalue weighted by molar-refractivity contribution is 6.04. The Balaban J connectivity index is 2.11. The molecule has 120 valence electrons. The van der Waals surface area contributed by atoms with Crippen LogP contribution >= 0.6 is 0 Å². The third-order valence-corrected chi connectivity index (χ3v) is 3.45. The first kappa shape index (κ1) is 16.7. The van der Waals surface area contributed by atoms with E-state index in [-0.39, 0.29) is 11.8 Å². The molecule has 0 heterocycles. The molecule has 0 fully saturated rings. The van der Waals surface area contributed by atoms with Gasteiger partial charge in [0.05, 0.1) is 0 Å². The summed E-state index contributed by atoms with van der Waals surface area (Å²) >= 11 is 0. The van der Waals surface area contributed by atoms with Crippen LogP contribution in [0.4, 0.5) is 11.4 Å². The van der Waals surface area contributed by atoms with Gasteiger partial charge in [-0.15, -0.1) is 0 Å². The SMILES string of the molecule is Cc1cc(NC(=O)C(C)(C)C)ccc1NC(=O)c1ccccc1. The van der Waals surface area contributed by atoms with E-state index in [0.717, 1.165) is 16.9 Å². The van der Waals surface area contributed by atoms with Crippen LogP contribution in [0.2, 0.25) is 0 Å². The van der Waals surface area contributed by atoms with Gasteiger partial charge >= 0.3 is 0 Å². The maximum atomic E-state index is 12.2. The monoisotopic (exact) mass is 310 g/mol. The van der Waals surface area contributed by atoms with Crippen molar-refractivity contribution in [3.8, 4) is 0 Å². The number of hydrogen-bond acceptors (Lipinski definition) is 2. The van der Waals surface area contributed by atoms with E-state index in [1.807, 2.05) is 52.0 Å². The molecular formula is C19H22N2O2. The molecule has 0 radical (unpaired) electrons. The lowest BCUT2D eigenvalue weighted by Crippen LogP contribution is -2.27. The normalized spacial score (nSPS) is 11.0. The number of aryl methyl sites for hydroxylation is 1. The van der Waals surface area contributed by atoms with Gasteiger partial charge < -0.3 is 10.6 Å². The summed E-state index contributed by atoms with van der Waals surface area (Å²) in [6.07, 6.45) is 0. The van der Waals surface area contributed by atoms with Crippen LogP contribution in [0.15, 0.2) is 48.5 Å². The first-order chi connectivity index (χ1) is 10.8. The van der Waals surface area contributed by atoms with Crippen LogP contribution in [0.5, 0.6) is 0 Å². The molecule has 4 nitrogen and oxygen atoms in total. The number of anilines is 2. The number of carbonyl (C=O) groups excluding carboxylic acids is 2. The first-order valence-corrected chi connectivity index (χ1v) is 7.56. The number of nitrogens with one attached hydrogen (secondary N) is 2. The lowest BCUT2D eigenvalue weighted by Gasteiger charge is -2.18. The zero-order chi connectivity index (χ0) is 17.0. The van der Waals surface area contributed by atoms with Gasteiger partial charge in [-0.25, -0.2) is 0 Å². The van der Waals surface area contributed by atoms with Gasteiger partial charge in [0.1, 0.15) is 0 Å². The van der Waals surface area contributed by atoms with Crippen molar-refractivity contribution < 1.29 is 9.59 Å². The zero-order valence-electron chi connectivity index (χ0n) is 13.9. The average Bonchev–Trinajstić information content (AvgIpc) is 2.50. The standard InChI is InChI=1S/C19H22N2O2/c1-13-12-15(20-18(23)19(2,3)4)10-11-16(13)21-17(22)14-8-6-5-7-9-14/h5-12H,1-4H3,(H,20,23)(H,21,22). The van der Waals surface area contributed by atoms with Gasteiger partial charge in [0.25, 0.3) is 5.91 Å². The molecule has 2 aromatic carbocycles. The average molecular weight is 310 g/mol. The molecule has 0 unspecified atom stereocenters. The van der Waals surface area contributed by atoms with Gasteiger partial charge in [0.2, 0.25) is 5.91 Å². The second-order valence-corrected chi connectivity index (χ2v) is 6.55. The molecule has 2 aromatic rings. The van der Waals surface area contributed by atoms with E-state index in [9.17, 15) is 9.59 Å². The highest BCUT2D eigenvalue weighted by Gasteiger charge is 2.21. The third kappa shape index (κ3) is 4.42. The largest absolute Gasteiger partial charge is 0.326 e. The molecule has 0 atom stereocenters. The predicted molar refractivity (Wildman–Crippen MR) is 93.7 cm³/mol. The molecule has 0 saturated carbocycles. The van der Waals surface area contributed by atoms with E-state index in [1.165, 1.54) is 0 Å². The number of amides is 2. The smallest absolute Gasteiger partial charge is 0.255 e. The molecule has 0 saturated heterocycles. The van der Waals surface area contributed by atoms with Crippen molar-refractivity contribution in [2.75, 3.05) is 10.6 Å². The molecule has 0 aliphatic carbocycles. The lowest BCUT2D eigenvalue weighted by molar-refractivity contribution is -0.123. The molecule has 0 bridgehead atoms. The Hall–Kier alpha value is -2.62. The fraction of sp³-hybridized carbons (Fsp3) is 0.263. The van der Waals surface area contributed by atoms with Crippen molar-refractivity contribution in [2.45, 2.75) is 27.7 Å².